The highest BCUT2D eigenvalue weighted by atomic mass is 32.2. The van der Waals surface area contributed by atoms with Crippen LogP contribution < -0.4 is 0 Å². The van der Waals surface area contributed by atoms with Crippen LogP contribution in [0.15, 0.2) is 0 Å². The lowest BCUT2D eigenvalue weighted by Gasteiger charge is -2.38. The number of carbonyl (C=O) groups is 1. The third-order valence-electron chi connectivity index (χ3n) is 3.51. The number of hydrogen-bond donors (Lipinski definition) is 0. The SMILES string of the molecule is CC1C(=O)CCN(CC(C)S(C)=O)C1C. The zero-order chi connectivity index (χ0) is 11.6. The quantitative estimate of drug-likeness (QED) is 0.728. The predicted molar refractivity (Wildman–Crippen MR) is 63.4 cm³/mol. The van der Waals surface area contributed by atoms with Gasteiger partial charge in [-0.2, -0.15) is 0 Å². The molecule has 1 aliphatic rings. The summed E-state index contributed by atoms with van der Waals surface area (Å²) in [4.78, 5) is 13.8. The summed E-state index contributed by atoms with van der Waals surface area (Å²) in [6.45, 7) is 7.75. The molecule has 1 heterocycles. The van der Waals surface area contributed by atoms with Crippen LogP contribution in [0, 0.1) is 5.92 Å². The predicted octanol–water partition coefficient (Wildman–Crippen LogP) is 1.05. The Kier molecular flexibility index (Phi) is 4.46. The maximum Gasteiger partial charge on any atom is 0.138 e. The summed E-state index contributed by atoms with van der Waals surface area (Å²) in [5.41, 5.74) is 0. The van der Waals surface area contributed by atoms with Gasteiger partial charge < -0.3 is 0 Å². The van der Waals surface area contributed by atoms with Crippen molar-refractivity contribution in [1.82, 2.24) is 4.90 Å². The average Bonchev–Trinajstić information content (AvgIpc) is 2.18. The first-order valence-electron chi connectivity index (χ1n) is 5.52. The fourth-order valence-electron chi connectivity index (χ4n) is 1.96. The first-order valence-corrected chi connectivity index (χ1v) is 7.14. The van der Waals surface area contributed by atoms with Crippen LogP contribution in [0.5, 0.6) is 0 Å². The van der Waals surface area contributed by atoms with Crippen LogP contribution in [0.3, 0.4) is 0 Å². The number of rotatable bonds is 3. The first kappa shape index (κ1) is 12.8. The molecule has 0 N–H and O–H groups in total. The van der Waals surface area contributed by atoms with Gasteiger partial charge >= 0.3 is 0 Å². The second-order valence-corrected chi connectivity index (χ2v) is 6.35. The molecule has 0 bridgehead atoms. The molecule has 1 fully saturated rings. The van der Waals surface area contributed by atoms with E-state index in [1.54, 1.807) is 6.26 Å². The third kappa shape index (κ3) is 3.11. The van der Waals surface area contributed by atoms with Crippen molar-refractivity contribution < 1.29 is 9.00 Å². The van der Waals surface area contributed by atoms with Gasteiger partial charge in [-0.05, 0) is 13.8 Å². The molecule has 4 unspecified atom stereocenters. The highest BCUT2D eigenvalue weighted by Gasteiger charge is 2.31. The molecule has 0 amide bonds. The molecule has 0 aromatic carbocycles. The lowest BCUT2D eigenvalue weighted by Crippen LogP contribution is -2.49. The molecule has 0 radical (unpaired) electrons. The van der Waals surface area contributed by atoms with Crippen molar-refractivity contribution in [1.29, 1.82) is 0 Å². The molecule has 0 aromatic heterocycles. The summed E-state index contributed by atoms with van der Waals surface area (Å²) >= 11 is 0. The van der Waals surface area contributed by atoms with Gasteiger partial charge in [0.15, 0.2) is 0 Å². The third-order valence-corrected chi connectivity index (χ3v) is 4.79. The van der Waals surface area contributed by atoms with Crippen LogP contribution >= 0.6 is 0 Å². The maximum absolute atomic E-state index is 11.5. The second-order valence-electron chi connectivity index (χ2n) is 4.55. The molecular formula is C11H21NO2S. The van der Waals surface area contributed by atoms with E-state index in [0.29, 0.717) is 12.2 Å². The summed E-state index contributed by atoms with van der Waals surface area (Å²) in [7, 11) is -0.774. The molecular weight excluding hydrogens is 210 g/mol. The number of ketones is 1. The van der Waals surface area contributed by atoms with Gasteiger partial charge in [0, 0.05) is 53.8 Å². The normalized spacial score (nSPS) is 32.7. The molecule has 88 valence electrons. The molecule has 3 nitrogen and oxygen atoms in total. The lowest BCUT2D eigenvalue weighted by atomic mass is 9.90. The minimum atomic E-state index is -0.774. The number of nitrogens with zero attached hydrogens (tertiary/aromatic N) is 1. The van der Waals surface area contributed by atoms with Gasteiger partial charge in [0.25, 0.3) is 0 Å². The van der Waals surface area contributed by atoms with Gasteiger partial charge in [0.1, 0.15) is 5.78 Å². The highest BCUT2D eigenvalue weighted by Crippen LogP contribution is 2.20. The molecule has 4 atom stereocenters. The second kappa shape index (κ2) is 5.21. The summed E-state index contributed by atoms with van der Waals surface area (Å²) in [6, 6.07) is 0.289. The average molecular weight is 231 g/mol. The smallest absolute Gasteiger partial charge is 0.138 e. The summed E-state index contributed by atoms with van der Waals surface area (Å²) < 4.78 is 11.3. The zero-order valence-electron chi connectivity index (χ0n) is 10.0. The first-order chi connectivity index (χ1) is 6.93. The van der Waals surface area contributed by atoms with Gasteiger partial charge in [0.2, 0.25) is 0 Å². The summed E-state index contributed by atoms with van der Waals surface area (Å²) in [5, 5.41) is 0.188. The van der Waals surface area contributed by atoms with Crippen molar-refractivity contribution in [3.8, 4) is 0 Å². The minimum Gasteiger partial charge on any atom is -0.299 e. The molecule has 4 heteroatoms. The highest BCUT2D eigenvalue weighted by molar-refractivity contribution is 7.84. The van der Waals surface area contributed by atoms with Gasteiger partial charge in [-0.1, -0.05) is 6.92 Å². The van der Waals surface area contributed by atoms with E-state index in [1.807, 2.05) is 13.8 Å². The largest absolute Gasteiger partial charge is 0.299 e. The van der Waals surface area contributed by atoms with Crippen molar-refractivity contribution in [2.45, 2.75) is 38.5 Å². The summed E-state index contributed by atoms with van der Waals surface area (Å²) in [6.07, 6.45) is 2.39. The van der Waals surface area contributed by atoms with E-state index < -0.39 is 10.8 Å². The van der Waals surface area contributed by atoms with E-state index in [9.17, 15) is 9.00 Å². The minimum absolute atomic E-state index is 0.122. The molecule has 0 aromatic rings. The van der Waals surface area contributed by atoms with Crippen molar-refractivity contribution >= 4 is 16.6 Å². The van der Waals surface area contributed by atoms with E-state index in [1.165, 1.54) is 0 Å². The van der Waals surface area contributed by atoms with Crippen molar-refractivity contribution in [3.63, 3.8) is 0 Å². The topological polar surface area (TPSA) is 37.4 Å². The van der Waals surface area contributed by atoms with E-state index in [2.05, 4.69) is 11.8 Å². The van der Waals surface area contributed by atoms with Crippen molar-refractivity contribution in [3.05, 3.63) is 0 Å². The van der Waals surface area contributed by atoms with Crippen LogP contribution in [0.25, 0.3) is 0 Å². The monoisotopic (exact) mass is 231 g/mol. The van der Waals surface area contributed by atoms with Crippen LogP contribution in [0.1, 0.15) is 27.2 Å². The van der Waals surface area contributed by atoms with Crippen molar-refractivity contribution in [2.75, 3.05) is 19.3 Å². The van der Waals surface area contributed by atoms with Gasteiger partial charge in [-0.3, -0.25) is 13.9 Å². The van der Waals surface area contributed by atoms with Crippen molar-refractivity contribution in [2.24, 2.45) is 5.92 Å². The van der Waals surface area contributed by atoms with Gasteiger partial charge in [-0.25, -0.2) is 0 Å². The number of likely N-dealkylation sites (tertiary alicyclic amines) is 1. The Balaban J connectivity index is 2.56. The Labute approximate surface area is 94.7 Å². The standard InChI is InChI=1S/C11H21NO2S/c1-8(15(4)14)7-12-6-5-11(13)9(2)10(12)3/h8-10H,5-7H2,1-4H3. The Hall–Kier alpha value is -0.220. The fraction of sp³-hybridized carbons (Fsp3) is 0.909. The molecule has 15 heavy (non-hydrogen) atoms. The molecule has 0 aliphatic carbocycles. The number of Topliss-reactive ketones (excluding diaryl/α,β-unsaturated/α-hetero) is 1. The van der Waals surface area contributed by atoms with Crippen LogP contribution in [-0.4, -0.2) is 45.5 Å². The fourth-order valence-corrected chi connectivity index (χ4v) is 2.36. The summed E-state index contributed by atoms with van der Waals surface area (Å²) in [5.74, 6) is 0.486. The molecule has 1 aliphatic heterocycles. The van der Waals surface area contributed by atoms with E-state index in [0.717, 1.165) is 13.1 Å². The van der Waals surface area contributed by atoms with E-state index in [4.69, 9.17) is 0 Å². The number of piperidine rings is 1. The van der Waals surface area contributed by atoms with E-state index in [-0.39, 0.29) is 17.2 Å². The molecule has 1 rings (SSSR count). The Morgan fingerprint density at radius 1 is 1.53 bits per heavy atom. The Bertz CT molecular complexity index is 267. The number of carbonyl (C=O) groups excluding carboxylic acids is 1. The zero-order valence-corrected chi connectivity index (χ0v) is 10.8. The Morgan fingerprint density at radius 3 is 2.67 bits per heavy atom. The van der Waals surface area contributed by atoms with Crippen LogP contribution in [-0.2, 0) is 15.6 Å². The maximum atomic E-state index is 11.5. The molecule has 1 saturated heterocycles. The number of hydrogen-bond acceptors (Lipinski definition) is 3. The van der Waals surface area contributed by atoms with Crippen LogP contribution in [0.2, 0.25) is 0 Å². The van der Waals surface area contributed by atoms with Crippen LogP contribution in [0.4, 0.5) is 0 Å². The Morgan fingerprint density at radius 2 is 2.13 bits per heavy atom. The lowest BCUT2D eigenvalue weighted by molar-refractivity contribution is -0.127. The molecule has 0 spiro atoms. The van der Waals surface area contributed by atoms with Gasteiger partial charge in [-0.15, -0.1) is 0 Å². The van der Waals surface area contributed by atoms with Gasteiger partial charge in [0.05, 0.1) is 0 Å². The van der Waals surface area contributed by atoms with E-state index >= 15 is 0 Å². The molecule has 0 saturated carbocycles.